The number of benzene rings is 1. The van der Waals surface area contributed by atoms with Crippen molar-refractivity contribution in [3.05, 3.63) is 77.3 Å². The second-order valence-corrected chi connectivity index (χ2v) is 6.47. The lowest BCUT2D eigenvalue weighted by atomic mass is 10.2. The van der Waals surface area contributed by atoms with Gasteiger partial charge in [0.1, 0.15) is 11.6 Å². The Morgan fingerprint density at radius 3 is 2.64 bits per heavy atom. The highest BCUT2D eigenvalue weighted by Crippen LogP contribution is 2.19. The zero-order valence-electron chi connectivity index (χ0n) is 15.9. The van der Waals surface area contributed by atoms with Crippen molar-refractivity contribution in [1.82, 2.24) is 4.57 Å². The van der Waals surface area contributed by atoms with E-state index < -0.39 is 23.8 Å². The first-order valence-corrected chi connectivity index (χ1v) is 8.82. The van der Waals surface area contributed by atoms with Crippen molar-refractivity contribution in [2.24, 2.45) is 0 Å². The number of aromatic nitrogens is 1. The largest absolute Gasteiger partial charge is 0.467 e. The van der Waals surface area contributed by atoms with Crippen molar-refractivity contribution in [3.63, 3.8) is 0 Å². The Kier molecular flexibility index (Phi) is 5.63. The van der Waals surface area contributed by atoms with Gasteiger partial charge in [-0.3, -0.25) is 4.79 Å². The Hall–Kier alpha value is -3.35. The first kappa shape index (κ1) is 19.4. The molecule has 0 radical (unpaired) electrons. The molecule has 0 saturated carbocycles. The van der Waals surface area contributed by atoms with Crippen molar-refractivity contribution in [3.8, 4) is 0 Å². The zero-order valence-corrected chi connectivity index (χ0v) is 15.9. The predicted molar refractivity (Wildman–Crippen MR) is 102 cm³/mol. The predicted octanol–water partition coefficient (Wildman–Crippen LogP) is 4.07. The van der Waals surface area contributed by atoms with Gasteiger partial charge >= 0.3 is 5.97 Å². The summed E-state index contributed by atoms with van der Waals surface area (Å²) in [4.78, 5) is 24.8. The van der Waals surface area contributed by atoms with Crippen molar-refractivity contribution in [2.45, 2.75) is 33.4 Å². The molecule has 0 saturated heterocycles. The number of hydrogen-bond acceptors (Lipinski definition) is 4. The fourth-order valence-corrected chi connectivity index (χ4v) is 2.88. The first-order valence-electron chi connectivity index (χ1n) is 8.82. The lowest BCUT2D eigenvalue weighted by Crippen LogP contribution is -2.30. The number of halogens is 1. The number of ether oxygens (including phenoxy) is 1. The maximum atomic E-state index is 13.7. The number of carbonyl (C=O) groups is 2. The molecule has 28 heavy (non-hydrogen) atoms. The number of nitrogens with zero attached hydrogens (tertiary/aromatic N) is 1. The van der Waals surface area contributed by atoms with Crippen LogP contribution in [0, 0.1) is 19.7 Å². The van der Waals surface area contributed by atoms with E-state index in [9.17, 15) is 14.0 Å². The minimum Gasteiger partial charge on any atom is -0.467 e. The summed E-state index contributed by atoms with van der Waals surface area (Å²) in [5.74, 6) is -1.02. The third-order valence-corrected chi connectivity index (χ3v) is 4.47. The maximum Gasteiger partial charge on any atom is 0.340 e. The van der Waals surface area contributed by atoms with E-state index in [2.05, 4.69) is 5.32 Å². The summed E-state index contributed by atoms with van der Waals surface area (Å²) < 4.78 is 26.2. The van der Waals surface area contributed by atoms with Crippen molar-refractivity contribution in [2.75, 3.05) is 5.32 Å². The first-order chi connectivity index (χ1) is 13.4. The quantitative estimate of drug-likeness (QED) is 0.650. The lowest BCUT2D eigenvalue weighted by molar-refractivity contribution is -0.123. The van der Waals surface area contributed by atoms with E-state index in [1.165, 1.54) is 25.1 Å². The Morgan fingerprint density at radius 1 is 1.21 bits per heavy atom. The van der Waals surface area contributed by atoms with E-state index >= 15 is 0 Å². The molecule has 3 aromatic rings. The van der Waals surface area contributed by atoms with E-state index in [-0.39, 0.29) is 5.69 Å². The van der Waals surface area contributed by atoms with Gasteiger partial charge in [-0.05, 0) is 51.1 Å². The average molecular weight is 384 g/mol. The van der Waals surface area contributed by atoms with E-state index in [4.69, 9.17) is 9.15 Å². The van der Waals surface area contributed by atoms with E-state index in [1.54, 1.807) is 31.4 Å². The van der Waals surface area contributed by atoms with Crippen LogP contribution < -0.4 is 5.32 Å². The molecule has 0 fully saturated rings. The van der Waals surface area contributed by atoms with Crippen molar-refractivity contribution < 1.29 is 23.1 Å². The highest BCUT2D eigenvalue weighted by molar-refractivity contribution is 5.97. The number of nitrogens with one attached hydrogen (secondary N) is 1. The second-order valence-electron chi connectivity index (χ2n) is 6.47. The molecular formula is C21H21FN2O4. The molecule has 1 amide bonds. The SMILES string of the molecule is Cc1cc(C(=O)O[C@H](C)C(=O)Nc2ccccc2F)c(C)n1Cc1ccco1. The van der Waals surface area contributed by atoms with Crippen LogP contribution in [0.5, 0.6) is 0 Å². The van der Waals surface area contributed by atoms with Gasteiger partial charge < -0.3 is 19.0 Å². The monoisotopic (exact) mass is 384 g/mol. The van der Waals surface area contributed by atoms with E-state index in [1.807, 2.05) is 17.6 Å². The molecule has 0 aliphatic heterocycles. The van der Waals surface area contributed by atoms with Crippen LogP contribution in [0.3, 0.4) is 0 Å². The Balaban J connectivity index is 1.69. The summed E-state index contributed by atoms with van der Waals surface area (Å²) in [7, 11) is 0. The molecule has 1 atom stereocenters. The van der Waals surface area contributed by atoms with Crippen LogP contribution in [-0.2, 0) is 16.1 Å². The van der Waals surface area contributed by atoms with Crippen LogP contribution in [0.4, 0.5) is 10.1 Å². The summed E-state index contributed by atoms with van der Waals surface area (Å²) in [5.41, 5.74) is 1.98. The molecular weight excluding hydrogens is 363 g/mol. The van der Waals surface area contributed by atoms with Gasteiger partial charge in [-0.1, -0.05) is 12.1 Å². The highest BCUT2D eigenvalue weighted by atomic mass is 19.1. The van der Waals surface area contributed by atoms with Crippen LogP contribution >= 0.6 is 0 Å². The van der Waals surface area contributed by atoms with Gasteiger partial charge in [-0.2, -0.15) is 0 Å². The molecule has 146 valence electrons. The molecule has 2 aromatic heterocycles. The Bertz CT molecular complexity index is 992. The van der Waals surface area contributed by atoms with Crippen LogP contribution in [-0.4, -0.2) is 22.5 Å². The number of esters is 1. The molecule has 3 rings (SSSR count). The van der Waals surface area contributed by atoms with Gasteiger partial charge in [0.2, 0.25) is 0 Å². The molecule has 1 N–H and O–H groups in total. The molecule has 1 aromatic carbocycles. The van der Waals surface area contributed by atoms with Gasteiger partial charge in [0.15, 0.2) is 6.10 Å². The highest BCUT2D eigenvalue weighted by Gasteiger charge is 2.23. The standard InChI is InChI=1S/C21H21FN2O4/c1-13-11-17(14(2)24(13)12-16-7-6-10-27-16)21(26)28-15(3)20(25)23-19-9-5-4-8-18(19)22/h4-11,15H,12H2,1-3H3,(H,23,25)/t15-/m1/s1. The summed E-state index contributed by atoms with van der Waals surface area (Å²) in [6, 6.07) is 11.2. The number of furan rings is 1. The maximum absolute atomic E-state index is 13.7. The van der Waals surface area contributed by atoms with Gasteiger partial charge in [-0.15, -0.1) is 0 Å². The normalized spacial score (nSPS) is 11.9. The van der Waals surface area contributed by atoms with Crippen LogP contribution in [0.25, 0.3) is 0 Å². The number of para-hydroxylation sites is 1. The smallest absolute Gasteiger partial charge is 0.340 e. The number of rotatable bonds is 6. The molecule has 6 nitrogen and oxygen atoms in total. The van der Waals surface area contributed by atoms with E-state index in [0.29, 0.717) is 17.8 Å². The number of amides is 1. The van der Waals surface area contributed by atoms with Crippen LogP contribution in [0.1, 0.15) is 34.4 Å². The molecule has 0 bridgehead atoms. The van der Waals surface area contributed by atoms with Crippen LogP contribution in [0.2, 0.25) is 0 Å². The molecule has 0 aliphatic carbocycles. The topological polar surface area (TPSA) is 73.5 Å². The second kappa shape index (κ2) is 8.12. The van der Waals surface area contributed by atoms with Crippen molar-refractivity contribution in [1.29, 1.82) is 0 Å². The molecule has 0 aliphatic rings. The molecule has 7 heteroatoms. The average Bonchev–Trinajstić information content (AvgIpc) is 3.27. The molecule has 0 unspecified atom stereocenters. The summed E-state index contributed by atoms with van der Waals surface area (Å²) in [6.45, 7) is 5.61. The number of anilines is 1. The van der Waals surface area contributed by atoms with Crippen LogP contribution in [0.15, 0.2) is 53.1 Å². The number of carbonyl (C=O) groups excluding carboxylic acids is 2. The van der Waals surface area contributed by atoms with Gasteiger partial charge in [0.05, 0.1) is 24.1 Å². The number of aryl methyl sites for hydroxylation is 1. The summed E-state index contributed by atoms with van der Waals surface area (Å²) in [5, 5.41) is 2.42. The Labute approximate surface area is 161 Å². The third kappa shape index (κ3) is 4.14. The third-order valence-electron chi connectivity index (χ3n) is 4.47. The molecule has 0 spiro atoms. The van der Waals surface area contributed by atoms with Gasteiger partial charge in [0.25, 0.3) is 5.91 Å². The van der Waals surface area contributed by atoms with Gasteiger partial charge in [0, 0.05) is 11.4 Å². The minimum atomic E-state index is -1.08. The van der Waals surface area contributed by atoms with E-state index in [0.717, 1.165) is 11.5 Å². The molecule has 2 heterocycles. The fraction of sp³-hybridized carbons (Fsp3) is 0.238. The summed E-state index contributed by atoms with van der Waals surface area (Å²) in [6.07, 6.45) is 0.509. The van der Waals surface area contributed by atoms with Crippen molar-refractivity contribution >= 4 is 17.6 Å². The zero-order chi connectivity index (χ0) is 20.3. The fourth-order valence-electron chi connectivity index (χ4n) is 2.88. The Morgan fingerprint density at radius 2 is 1.96 bits per heavy atom. The minimum absolute atomic E-state index is 0.0343. The van der Waals surface area contributed by atoms with Gasteiger partial charge in [-0.25, -0.2) is 9.18 Å². The number of hydrogen-bond donors (Lipinski definition) is 1. The lowest BCUT2D eigenvalue weighted by Gasteiger charge is -2.14. The summed E-state index contributed by atoms with van der Waals surface area (Å²) >= 11 is 0.